The molecule has 0 spiro atoms. The quantitative estimate of drug-likeness (QED) is 0.254. The first kappa shape index (κ1) is 31.2. The van der Waals surface area contributed by atoms with Crippen LogP contribution in [0.25, 0.3) is 10.9 Å². The number of para-hydroxylation sites is 1. The van der Waals surface area contributed by atoms with E-state index in [1.807, 2.05) is 43.0 Å². The molecule has 0 aliphatic carbocycles. The van der Waals surface area contributed by atoms with Crippen molar-refractivity contribution in [2.45, 2.75) is 57.9 Å². The summed E-state index contributed by atoms with van der Waals surface area (Å²) < 4.78 is 85.0. The van der Waals surface area contributed by atoms with Crippen molar-refractivity contribution in [2.24, 2.45) is 5.92 Å². The highest BCUT2D eigenvalue weighted by atomic mass is 19.4. The summed E-state index contributed by atoms with van der Waals surface area (Å²) in [5, 5.41) is 13.5. The average molecular weight is 585 g/mol. The fourth-order valence-corrected chi connectivity index (χ4v) is 5.91. The molecular formula is C30H38F6N4O. The molecule has 5 nitrogen and oxygen atoms in total. The molecule has 0 bridgehead atoms. The molecule has 1 saturated heterocycles. The molecule has 3 heterocycles. The highest BCUT2D eigenvalue weighted by Gasteiger charge is 2.45. The molecule has 0 saturated carbocycles. The number of likely N-dealkylation sites (tertiary alicyclic amines) is 1. The summed E-state index contributed by atoms with van der Waals surface area (Å²) >= 11 is 0. The van der Waals surface area contributed by atoms with Gasteiger partial charge in [-0.1, -0.05) is 32.0 Å². The number of aromatic nitrogens is 1. The second kappa shape index (κ2) is 13.0. The summed E-state index contributed by atoms with van der Waals surface area (Å²) in [4.78, 5) is 6.70. The molecule has 3 N–H and O–H groups in total. The number of alkyl halides is 4. The fraction of sp³-hybridized carbons (Fsp3) is 0.533. The molecule has 3 atom stereocenters. The Hall–Kier alpha value is -2.76. The molecule has 1 aromatic heterocycles. The molecule has 41 heavy (non-hydrogen) atoms. The average Bonchev–Trinajstić information content (AvgIpc) is 3.27. The predicted octanol–water partition coefficient (Wildman–Crippen LogP) is 6.43. The molecule has 1 fully saturated rings. The summed E-state index contributed by atoms with van der Waals surface area (Å²) in [7, 11) is 0. The standard InChI is InChI=1S/C28H32F6N4O.C2H6/c1-16-9-21-20-5-2-3-6-24(20)36-26(21)27(38(16)12-17(15-39)28(32,33)34)25-22(30)10-18(11-23(25)31)35-19-13-37(14-19)8-4-7-29;1-2/h2-3,5-6,10-11,16-17,19,27,35-36,39H,4,7-9,12-15H2,1H3;1-2H3. The van der Waals surface area contributed by atoms with E-state index >= 15 is 8.78 Å². The van der Waals surface area contributed by atoms with E-state index in [4.69, 9.17) is 0 Å². The van der Waals surface area contributed by atoms with E-state index in [0.717, 1.165) is 16.5 Å². The van der Waals surface area contributed by atoms with Crippen LogP contribution in [-0.2, 0) is 6.42 Å². The second-order valence-electron chi connectivity index (χ2n) is 10.6. The topological polar surface area (TPSA) is 54.5 Å². The minimum Gasteiger partial charge on any atom is -0.396 e. The maximum absolute atomic E-state index is 15.8. The predicted molar refractivity (Wildman–Crippen MR) is 149 cm³/mol. The van der Waals surface area contributed by atoms with Gasteiger partial charge in [0.25, 0.3) is 0 Å². The van der Waals surface area contributed by atoms with E-state index < -0.39 is 55.6 Å². The number of fused-ring (bicyclic) bond motifs is 3. The van der Waals surface area contributed by atoms with Crippen molar-refractivity contribution in [3.8, 4) is 0 Å². The summed E-state index contributed by atoms with van der Waals surface area (Å²) in [5.41, 5.74) is 1.90. The van der Waals surface area contributed by atoms with Gasteiger partial charge in [0, 0.05) is 60.1 Å². The van der Waals surface area contributed by atoms with Crippen molar-refractivity contribution in [1.82, 2.24) is 14.8 Å². The Morgan fingerprint density at radius 3 is 2.37 bits per heavy atom. The number of aliphatic hydroxyl groups excluding tert-OH is 1. The van der Waals surface area contributed by atoms with Crippen molar-refractivity contribution in [3.05, 3.63) is 64.9 Å². The number of benzene rings is 2. The van der Waals surface area contributed by atoms with Crippen LogP contribution in [0.1, 0.15) is 50.1 Å². The Kier molecular flexibility index (Phi) is 9.92. The SMILES string of the molecule is CC.CC1Cc2c([nH]c3ccccc23)C(c2c(F)cc(NC3CN(CCCF)C3)cc2F)N1CC(CO)C(F)(F)F. The van der Waals surface area contributed by atoms with Crippen LogP contribution >= 0.6 is 0 Å². The number of hydrogen-bond donors (Lipinski definition) is 3. The van der Waals surface area contributed by atoms with Crippen molar-refractivity contribution < 1.29 is 31.4 Å². The van der Waals surface area contributed by atoms with Crippen molar-refractivity contribution >= 4 is 16.6 Å². The van der Waals surface area contributed by atoms with E-state index in [9.17, 15) is 22.7 Å². The van der Waals surface area contributed by atoms with Crippen molar-refractivity contribution in [3.63, 3.8) is 0 Å². The van der Waals surface area contributed by atoms with Gasteiger partial charge in [0.1, 0.15) is 11.6 Å². The van der Waals surface area contributed by atoms with E-state index in [1.54, 1.807) is 6.92 Å². The summed E-state index contributed by atoms with van der Waals surface area (Å²) in [6, 6.07) is 8.03. The van der Waals surface area contributed by atoms with E-state index in [2.05, 4.69) is 10.3 Å². The molecular weight excluding hydrogens is 546 g/mol. The summed E-state index contributed by atoms with van der Waals surface area (Å²) in [6.07, 6.45) is -3.86. The fourth-order valence-electron chi connectivity index (χ4n) is 5.91. The van der Waals surface area contributed by atoms with Crippen molar-refractivity contribution in [2.75, 3.05) is 44.8 Å². The van der Waals surface area contributed by atoms with E-state index in [1.165, 1.54) is 17.0 Å². The van der Waals surface area contributed by atoms with Gasteiger partial charge in [-0.05, 0) is 43.5 Å². The van der Waals surface area contributed by atoms with Crippen molar-refractivity contribution in [1.29, 1.82) is 0 Å². The lowest BCUT2D eigenvalue weighted by Crippen LogP contribution is -2.54. The molecule has 2 aliphatic heterocycles. The highest BCUT2D eigenvalue weighted by molar-refractivity contribution is 5.85. The lowest BCUT2D eigenvalue weighted by molar-refractivity contribution is -0.191. The second-order valence-corrected chi connectivity index (χ2v) is 10.6. The zero-order valence-corrected chi connectivity index (χ0v) is 23.5. The number of halogens is 6. The largest absolute Gasteiger partial charge is 0.396 e. The molecule has 2 aliphatic rings. The van der Waals surface area contributed by atoms with Crippen LogP contribution in [0.4, 0.5) is 32.0 Å². The normalized spacial score (nSPS) is 20.7. The Bertz CT molecular complexity index is 1280. The van der Waals surface area contributed by atoms with Crippen LogP contribution in [0, 0.1) is 17.6 Å². The molecule has 3 aromatic rings. The van der Waals surface area contributed by atoms with Crippen LogP contribution in [-0.4, -0.2) is 77.6 Å². The van der Waals surface area contributed by atoms with Gasteiger partial charge >= 0.3 is 6.18 Å². The van der Waals surface area contributed by atoms with Gasteiger partial charge < -0.3 is 15.4 Å². The first-order chi connectivity index (χ1) is 19.6. The van der Waals surface area contributed by atoms with Crippen LogP contribution < -0.4 is 5.32 Å². The number of aromatic amines is 1. The van der Waals surface area contributed by atoms with Crippen LogP contribution in [0.5, 0.6) is 0 Å². The molecule has 226 valence electrons. The number of rotatable bonds is 9. The number of anilines is 1. The summed E-state index contributed by atoms with van der Waals surface area (Å²) in [6.45, 7) is 5.45. The first-order valence-corrected chi connectivity index (χ1v) is 14.2. The maximum Gasteiger partial charge on any atom is 0.395 e. The number of H-pyrrole nitrogens is 1. The van der Waals surface area contributed by atoms with Gasteiger partial charge in [0.2, 0.25) is 0 Å². The third-order valence-corrected chi connectivity index (χ3v) is 7.92. The zero-order valence-electron chi connectivity index (χ0n) is 23.5. The van der Waals surface area contributed by atoms with Gasteiger partial charge in [-0.2, -0.15) is 13.2 Å². The third kappa shape index (κ3) is 6.52. The molecule has 5 rings (SSSR count). The lowest BCUT2D eigenvalue weighted by Gasteiger charge is -2.43. The minimum atomic E-state index is -4.68. The maximum atomic E-state index is 15.8. The van der Waals surface area contributed by atoms with E-state index in [-0.39, 0.29) is 17.3 Å². The first-order valence-electron chi connectivity index (χ1n) is 14.2. The third-order valence-electron chi connectivity index (χ3n) is 7.92. The van der Waals surface area contributed by atoms with Crippen LogP contribution in [0.3, 0.4) is 0 Å². The Morgan fingerprint density at radius 1 is 1.10 bits per heavy atom. The van der Waals surface area contributed by atoms with Crippen LogP contribution in [0.15, 0.2) is 36.4 Å². The number of aliphatic hydroxyl groups is 1. The molecule has 0 amide bonds. The monoisotopic (exact) mass is 584 g/mol. The van der Waals surface area contributed by atoms with Crippen LogP contribution in [0.2, 0.25) is 0 Å². The van der Waals surface area contributed by atoms with Gasteiger partial charge in [-0.3, -0.25) is 14.2 Å². The highest BCUT2D eigenvalue weighted by Crippen LogP contribution is 2.44. The van der Waals surface area contributed by atoms with Gasteiger partial charge in [-0.25, -0.2) is 8.78 Å². The number of nitrogens with one attached hydrogen (secondary N) is 2. The minimum absolute atomic E-state index is 0.0436. The zero-order chi connectivity index (χ0) is 29.9. The smallest absolute Gasteiger partial charge is 0.395 e. The molecule has 2 aromatic carbocycles. The molecule has 11 heteroatoms. The van der Waals surface area contributed by atoms with Gasteiger partial charge in [-0.15, -0.1) is 0 Å². The number of nitrogens with zero attached hydrogens (tertiary/aromatic N) is 2. The lowest BCUT2D eigenvalue weighted by atomic mass is 9.87. The number of hydrogen-bond acceptors (Lipinski definition) is 4. The summed E-state index contributed by atoms with van der Waals surface area (Å²) in [5.74, 6) is -3.81. The van der Waals surface area contributed by atoms with Gasteiger partial charge in [0.05, 0.1) is 31.3 Å². The molecule has 3 unspecified atom stereocenters. The molecule has 0 radical (unpaired) electrons. The Balaban J connectivity index is 0.00000189. The van der Waals surface area contributed by atoms with Gasteiger partial charge in [0.15, 0.2) is 0 Å². The van der Waals surface area contributed by atoms with E-state index in [0.29, 0.717) is 38.2 Å². The Morgan fingerprint density at radius 2 is 1.76 bits per heavy atom. The Labute approximate surface area is 236 Å².